The van der Waals surface area contributed by atoms with Gasteiger partial charge in [-0.3, -0.25) is 4.79 Å². The molecule has 0 N–H and O–H groups in total. The zero-order chi connectivity index (χ0) is 15.4. The molecule has 6 heteroatoms. The Bertz CT molecular complexity index is 744. The normalized spacial score (nSPS) is 19.4. The molecule has 0 aliphatic heterocycles. The Morgan fingerprint density at radius 1 is 1.27 bits per heavy atom. The second-order valence-corrected chi connectivity index (χ2v) is 6.71. The van der Waals surface area contributed by atoms with Crippen molar-refractivity contribution in [1.29, 1.82) is 0 Å². The van der Waals surface area contributed by atoms with E-state index in [1.807, 2.05) is 24.8 Å². The lowest BCUT2D eigenvalue weighted by atomic mass is 10.1. The van der Waals surface area contributed by atoms with Crippen molar-refractivity contribution in [3.8, 4) is 0 Å². The molecule has 2 aromatic rings. The van der Waals surface area contributed by atoms with Gasteiger partial charge < -0.3 is 4.90 Å². The third kappa shape index (κ3) is 2.26. The summed E-state index contributed by atoms with van der Waals surface area (Å²) in [4.78, 5) is 23.7. The van der Waals surface area contributed by atoms with E-state index in [0.29, 0.717) is 23.8 Å². The summed E-state index contributed by atoms with van der Waals surface area (Å²) in [5, 5.41) is 4.40. The fraction of sp³-hybridized carbons (Fsp3) is 0.625. The van der Waals surface area contributed by atoms with Gasteiger partial charge >= 0.3 is 0 Å². The third-order valence-corrected chi connectivity index (χ3v) is 4.73. The van der Waals surface area contributed by atoms with Crippen LogP contribution in [-0.4, -0.2) is 42.5 Å². The molecular formula is C16H21N5O. The van der Waals surface area contributed by atoms with Crippen LogP contribution in [0.1, 0.15) is 54.6 Å². The van der Waals surface area contributed by atoms with Crippen molar-refractivity contribution < 1.29 is 4.79 Å². The minimum atomic E-state index is -0.0375. The first kappa shape index (κ1) is 13.7. The fourth-order valence-electron chi connectivity index (χ4n) is 3.21. The zero-order valence-electron chi connectivity index (χ0n) is 13.3. The highest BCUT2D eigenvalue weighted by Crippen LogP contribution is 2.40. The standard InChI is InChI=1S/C16H21N5O/c1-9-8-10(2)21-16(17-9)18-14(19-21)15(22)20(13-6-7-13)11(3)12-4-5-12/h8,11-13H,4-7H2,1-3H3. The van der Waals surface area contributed by atoms with Crippen molar-refractivity contribution >= 4 is 11.7 Å². The van der Waals surface area contributed by atoms with Gasteiger partial charge in [0.2, 0.25) is 5.82 Å². The molecule has 0 saturated heterocycles. The first-order valence-electron chi connectivity index (χ1n) is 8.08. The van der Waals surface area contributed by atoms with Crippen LogP contribution in [0.2, 0.25) is 0 Å². The highest BCUT2D eigenvalue weighted by molar-refractivity contribution is 5.91. The molecule has 1 atom stereocenters. The molecule has 4 rings (SSSR count). The van der Waals surface area contributed by atoms with E-state index in [1.165, 1.54) is 12.8 Å². The molecule has 0 aromatic carbocycles. The predicted octanol–water partition coefficient (Wildman–Crippen LogP) is 2.14. The summed E-state index contributed by atoms with van der Waals surface area (Å²) < 4.78 is 1.66. The molecule has 22 heavy (non-hydrogen) atoms. The lowest BCUT2D eigenvalue weighted by molar-refractivity contribution is 0.0641. The van der Waals surface area contributed by atoms with Crippen LogP contribution >= 0.6 is 0 Å². The Kier molecular flexibility index (Phi) is 2.96. The van der Waals surface area contributed by atoms with Crippen molar-refractivity contribution in [1.82, 2.24) is 24.5 Å². The van der Waals surface area contributed by atoms with Gasteiger partial charge in [0, 0.05) is 23.5 Å². The summed E-state index contributed by atoms with van der Waals surface area (Å²) in [5.41, 5.74) is 1.84. The average molecular weight is 299 g/mol. The van der Waals surface area contributed by atoms with Crippen LogP contribution in [-0.2, 0) is 0 Å². The SMILES string of the molecule is Cc1cc(C)n2nc(C(=O)N(C3CC3)C(C)C3CC3)nc2n1. The third-order valence-electron chi connectivity index (χ3n) is 4.73. The molecule has 2 aromatic heterocycles. The van der Waals surface area contributed by atoms with E-state index in [4.69, 9.17) is 0 Å². The fourth-order valence-corrected chi connectivity index (χ4v) is 3.21. The van der Waals surface area contributed by atoms with Gasteiger partial charge in [-0.2, -0.15) is 4.98 Å². The predicted molar refractivity (Wildman–Crippen MR) is 81.6 cm³/mol. The molecule has 6 nitrogen and oxygen atoms in total. The maximum atomic E-state index is 12.9. The van der Waals surface area contributed by atoms with Crippen LogP contribution in [0.3, 0.4) is 0 Å². The number of fused-ring (bicyclic) bond motifs is 1. The number of rotatable bonds is 4. The molecule has 0 radical (unpaired) electrons. The lowest BCUT2D eigenvalue weighted by Crippen LogP contribution is -2.42. The Morgan fingerprint density at radius 3 is 2.64 bits per heavy atom. The minimum Gasteiger partial charge on any atom is -0.330 e. The highest BCUT2D eigenvalue weighted by atomic mass is 16.2. The van der Waals surface area contributed by atoms with Crippen LogP contribution < -0.4 is 0 Å². The summed E-state index contributed by atoms with van der Waals surface area (Å²) in [6, 6.07) is 2.62. The van der Waals surface area contributed by atoms with Crippen LogP contribution in [0.15, 0.2) is 6.07 Å². The Labute approximate surface area is 129 Å². The molecule has 2 saturated carbocycles. The van der Waals surface area contributed by atoms with E-state index in [2.05, 4.69) is 22.0 Å². The number of amides is 1. The van der Waals surface area contributed by atoms with Crippen molar-refractivity contribution in [2.75, 3.05) is 0 Å². The molecule has 2 aliphatic rings. The lowest BCUT2D eigenvalue weighted by Gasteiger charge is -2.28. The Morgan fingerprint density at radius 2 is 2.00 bits per heavy atom. The first-order chi connectivity index (χ1) is 10.5. The number of carbonyl (C=O) groups is 1. The topological polar surface area (TPSA) is 63.4 Å². The molecule has 0 spiro atoms. The second kappa shape index (κ2) is 4.76. The summed E-state index contributed by atoms with van der Waals surface area (Å²) in [5.74, 6) is 1.41. The van der Waals surface area contributed by atoms with Gasteiger partial charge in [-0.1, -0.05) is 0 Å². The van der Waals surface area contributed by atoms with Gasteiger partial charge in [-0.15, -0.1) is 5.10 Å². The largest absolute Gasteiger partial charge is 0.330 e. The quantitative estimate of drug-likeness (QED) is 0.867. The minimum absolute atomic E-state index is 0.0375. The molecule has 2 heterocycles. The summed E-state index contributed by atoms with van der Waals surface area (Å²) in [7, 11) is 0. The van der Waals surface area contributed by atoms with Crippen LogP contribution in [0, 0.1) is 19.8 Å². The monoisotopic (exact) mass is 299 g/mol. The van der Waals surface area contributed by atoms with Crippen LogP contribution in [0.25, 0.3) is 5.78 Å². The average Bonchev–Trinajstić information content (AvgIpc) is 3.36. The maximum Gasteiger partial charge on any atom is 0.294 e. The number of hydrogen-bond acceptors (Lipinski definition) is 4. The van der Waals surface area contributed by atoms with Gasteiger partial charge in [0.25, 0.3) is 11.7 Å². The van der Waals surface area contributed by atoms with E-state index < -0.39 is 0 Å². The Hall–Kier alpha value is -1.98. The second-order valence-electron chi connectivity index (χ2n) is 6.71. The molecule has 2 fully saturated rings. The molecule has 1 unspecified atom stereocenters. The number of carbonyl (C=O) groups excluding carboxylic acids is 1. The number of aryl methyl sites for hydroxylation is 2. The van der Waals surface area contributed by atoms with Gasteiger partial charge in [0.15, 0.2) is 0 Å². The number of nitrogens with zero attached hydrogens (tertiary/aromatic N) is 5. The molecular weight excluding hydrogens is 278 g/mol. The van der Waals surface area contributed by atoms with Gasteiger partial charge in [-0.25, -0.2) is 9.50 Å². The van der Waals surface area contributed by atoms with Gasteiger partial charge in [-0.05, 0) is 58.4 Å². The van der Waals surface area contributed by atoms with Crippen molar-refractivity contribution in [2.45, 2.75) is 58.5 Å². The van der Waals surface area contributed by atoms with Crippen molar-refractivity contribution in [3.63, 3.8) is 0 Å². The Balaban J connectivity index is 1.70. The number of hydrogen-bond donors (Lipinski definition) is 0. The zero-order valence-corrected chi connectivity index (χ0v) is 13.3. The maximum absolute atomic E-state index is 12.9. The molecule has 0 bridgehead atoms. The smallest absolute Gasteiger partial charge is 0.294 e. The van der Waals surface area contributed by atoms with Gasteiger partial charge in [0.1, 0.15) is 0 Å². The first-order valence-corrected chi connectivity index (χ1v) is 8.08. The van der Waals surface area contributed by atoms with Crippen molar-refractivity contribution in [3.05, 3.63) is 23.3 Å². The van der Waals surface area contributed by atoms with Crippen LogP contribution in [0.4, 0.5) is 0 Å². The molecule has 2 aliphatic carbocycles. The van der Waals surface area contributed by atoms with E-state index in [9.17, 15) is 4.79 Å². The van der Waals surface area contributed by atoms with E-state index in [-0.39, 0.29) is 11.7 Å². The summed E-state index contributed by atoms with van der Waals surface area (Å²) in [6.45, 7) is 6.04. The number of aromatic nitrogens is 4. The highest BCUT2D eigenvalue weighted by Gasteiger charge is 2.43. The van der Waals surface area contributed by atoms with Gasteiger partial charge in [0.05, 0.1) is 0 Å². The summed E-state index contributed by atoms with van der Waals surface area (Å²) >= 11 is 0. The van der Waals surface area contributed by atoms with E-state index in [1.54, 1.807) is 4.52 Å². The van der Waals surface area contributed by atoms with Crippen molar-refractivity contribution in [2.24, 2.45) is 5.92 Å². The van der Waals surface area contributed by atoms with E-state index >= 15 is 0 Å². The molecule has 1 amide bonds. The summed E-state index contributed by atoms with van der Waals surface area (Å²) in [6.07, 6.45) is 4.67. The van der Waals surface area contributed by atoms with Crippen LogP contribution in [0.5, 0.6) is 0 Å². The molecule has 116 valence electrons. The van der Waals surface area contributed by atoms with E-state index in [0.717, 1.165) is 24.2 Å².